The Kier molecular flexibility index (Phi) is 5.03. The molecule has 2 rings (SSSR count). The van der Waals surface area contributed by atoms with E-state index in [9.17, 15) is 4.79 Å². The quantitative estimate of drug-likeness (QED) is 0.785. The van der Waals surface area contributed by atoms with Crippen LogP contribution < -0.4 is 0 Å². The lowest BCUT2D eigenvalue weighted by Crippen LogP contribution is -2.44. The van der Waals surface area contributed by atoms with Gasteiger partial charge in [-0.1, -0.05) is 48.7 Å². The van der Waals surface area contributed by atoms with Crippen molar-refractivity contribution in [2.45, 2.75) is 52.0 Å². The summed E-state index contributed by atoms with van der Waals surface area (Å²) < 4.78 is 1.07. The summed E-state index contributed by atoms with van der Waals surface area (Å²) in [6.45, 7) is 5.25. The predicted molar refractivity (Wildman–Crippen MR) is 82.5 cm³/mol. The van der Waals surface area contributed by atoms with E-state index in [1.165, 1.54) is 5.56 Å². The highest BCUT2D eigenvalue weighted by molar-refractivity contribution is 9.10. The molecule has 0 unspecified atom stereocenters. The lowest BCUT2D eigenvalue weighted by molar-refractivity contribution is 0.0637. The Morgan fingerprint density at radius 1 is 1.26 bits per heavy atom. The van der Waals surface area contributed by atoms with Gasteiger partial charge in [-0.05, 0) is 37.0 Å². The molecule has 0 spiro atoms. The Bertz CT molecular complexity index is 452. The van der Waals surface area contributed by atoms with E-state index in [0.29, 0.717) is 6.04 Å². The summed E-state index contributed by atoms with van der Waals surface area (Å²) in [7, 11) is 0. The van der Waals surface area contributed by atoms with Gasteiger partial charge in [0.25, 0.3) is 5.91 Å². The van der Waals surface area contributed by atoms with Crippen LogP contribution in [0.25, 0.3) is 0 Å². The van der Waals surface area contributed by atoms with Crippen LogP contribution in [0.3, 0.4) is 0 Å². The van der Waals surface area contributed by atoms with Crippen LogP contribution in [0.15, 0.2) is 22.7 Å². The molecule has 0 aliphatic carbocycles. The first-order valence-corrected chi connectivity index (χ1v) is 8.06. The molecule has 0 saturated carbocycles. The van der Waals surface area contributed by atoms with E-state index in [1.807, 2.05) is 18.2 Å². The summed E-state index contributed by atoms with van der Waals surface area (Å²) in [5.41, 5.74) is 2.06. The summed E-state index contributed by atoms with van der Waals surface area (Å²) in [6, 6.07) is 6.36. The number of rotatable bonds is 5. The van der Waals surface area contributed by atoms with E-state index in [1.54, 1.807) is 0 Å². The predicted octanol–water partition coefficient (Wildman–Crippen LogP) is 4.42. The number of benzene rings is 1. The third-order valence-electron chi connectivity index (χ3n) is 3.90. The van der Waals surface area contributed by atoms with Crippen molar-refractivity contribution in [3.63, 3.8) is 0 Å². The molecule has 0 aromatic heterocycles. The minimum atomic E-state index is 0.217. The number of carbonyl (C=O) groups excluding carboxylic acids is 1. The molecule has 2 nitrogen and oxygen atoms in total. The smallest absolute Gasteiger partial charge is 0.254 e. The number of hydrogen-bond acceptors (Lipinski definition) is 1. The molecule has 19 heavy (non-hydrogen) atoms. The molecule has 1 amide bonds. The van der Waals surface area contributed by atoms with Gasteiger partial charge in [-0.15, -0.1) is 0 Å². The topological polar surface area (TPSA) is 20.3 Å². The van der Waals surface area contributed by atoms with Crippen LogP contribution in [-0.2, 0) is 6.42 Å². The van der Waals surface area contributed by atoms with Crippen molar-refractivity contribution in [2.24, 2.45) is 0 Å². The van der Waals surface area contributed by atoms with Gasteiger partial charge < -0.3 is 4.90 Å². The Morgan fingerprint density at radius 2 is 1.95 bits per heavy atom. The molecule has 1 aromatic rings. The molecule has 1 aromatic carbocycles. The van der Waals surface area contributed by atoms with Crippen molar-refractivity contribution in [2.75, 3.05) is 6.54 Å². The monoisotopic (exact) mass is 323 g/mol. The number of carbonyl (C=O) groups is 1. The van der Waals surface area contributed by atoms with E-state index in [-0.39, 0.29) is 5.91 Å². The second-order valence-electron chi connectivity index (χ2n) is 5.25. The first-order chi connectivity index (χ1) is 9.19. The van der Waals surface area contributed by atoms with Gasteiger partial charge in [-0.2, -0.15) is 0 Å². The van der Waals surface area contributed by atoms with Gasteiger partial charge >= 0.3 is 0 Å². The zero-order chi connectivity index (χ0) is 13.8. The molecule has 0 atom stereocenters. The van der Waals surface area contributed by atoms with Crippen molar-refractivity contribution in [3.05, 3.63) is 33.8 Å². The van der Waals surface area contributed by atoms with Crippen LogP contribution in [-0.4, -0.2) is 23.4 Å². The zero-order valence-corrected chi connectivity index (χ0v) is 13.4. The minimum Gasteiger partial charge on any atom is -0.335 e. The summed E-state index contributed by atoms with van der Waals surface area (Å²) >= 11 is 3.56. The molecule has 1 aliphatic heterocycles. The van der Waals surface area contributed by atoms with Crippen molar-refractivity contribution in [1.29, 1.82) is 0 Å². The van der Waals surface area contributed by atoms with Gasteiger partial charge in [0.05, 0.1) is 0 Å². The maximum absolute atomic E-state index is 12.7. The number of hydrogen-bond donors (Lipinski definition) is 0. The number of halogens is 1. The van der Waals surface area contributed by atoms with E-state index < -0.39 is 0 Å². The second kappa shape index (κ2) is 6.56. The van der Waals surface area contributed by atoms with E-state index in [2.05, 4.69) is 34.7 Å². The fourth-order valence-electron chi connectivity index (χ4n) is 2.97. The van der Waals surface area contributed by atoms with Crippen molar-refractivity contribution in [3.8, 4) is 0 Å². The first-order valence-electron chi connectivity index (χ1n) is 7.27. The lowest BCUT2D eigenvalue weighted by atomic mass is 9.95. The fraction of sp³-hybridized carbons (Fsp3) is 0.562. The van der Waals surface area contributed by atoms with Crippen LogP contribution >= 0.6 is 15.9 Å². The molecule has 3 heteroatoms. The molecule has 104 valence electrons. The Balaban J connectivity index is 2.25. The molecule has 0 fully saturated rings. The van der Waals surface area contributed by atoms with Gasteiger partial charge in [0.15, 0.2) is 0 Å². The summed E-state index contributed by atoms with van der Waals surface area (Å²) in [4.78, 5) is 14.8. The number of fused-ring (bicyclic) bond motifs is 1. The van der Waals surface area contributed by atoms with Crippen LogP contribution in [0.4, 0.5) is 0 Å². The zero-order valence-electron chi connectivity index (χ0n) is 11.8. The van der Waals surface area contributed by atoms with Crippen molar-refractivity contribution in [1.82, 2.24) is 4.90 Å². The summed E-state index contributed by atoms with van der Waals surface area (Å²) in [5.74, 6) is 0.217. The molecule has 0 radical (unpaired) electrons. The normalized spacial score (nSPS) is 14.9. The first kappa shape index (κ1) is 14.6. The molecular weight excluding hydrogens is 302 g/mol. The summed E-state index contributed by atoms with van der Waals surface area (Å²) in [6.07, 6.45) is 5.47. The van der Waals surface area contributed by atoms with Gasteiger partial charge in [-0.3, -0.25) is 4.79 Å². The van der Waals surface area contributed by atoms with Gasteiger partial charge in [0.1, 0.15) is 0 Å². The fourth-order valence-corrected chi connectivity index (χ4v) is 3.54. The Morgan fingerprint density at radius 3 is 2.58 bits per heavy atom. The van der Waals surface area contributed by atoms with Crippen LogP contribution in [0, 0.1) is 0 Å². The Labute approximate surface area is 124 Å². The highest BCUT2D eigenvalue weighted by atomic mass is 79.9. The largest absolute Gasteiger partial charge is 0.335 e. The van der Waals surface area contributed by atoms with Crippen LogP contribution in [0.2, 0.25) is 0 Å². The summed E-state index contributed by atoms with van der Waals surface area (Å²) in [5, 5.41) is 0. The van der Waals surface area contributed by atoms with Gasteiger partial charge in [0.2, 0.25) is 0 Å². The van der Waals surface area contributed by atoms with Crippen LogP contribution in [0.1, 0.15) is 55.5 Å². The van der Waals surface area contributed by atoms with E-state index in [0.717, 1.165) is 48.7 Å². The Hall–Kier alpha value is -0.830. The number of nitrogens with zero attached hydrogens (tertiary/aromatic N) is 1. The van der Waals surface area contributed by atoms with Gasteiger partial charge in [-0.25, -0.2) is 0 Å². The molecule has 0 N–H and O–H groups in total. The third-order valence-corrected chi connectivity index (χ3v) is 4.64. The average molecular weight is 324 g/mol. The molecular formula is C16H22BrNO. The van der Waals surface area contributed by atoms with Crippen molar-refractivity contribution >= 4 is 21.8 Å². The molecule has 0 saturated heterocycles. The average Bonchev–Trinajstić information content (AvgIpc) is 2.40. The highest BCUT2D eigenvalue weighted by Crippen LogP contribution is 2.28. The van der Waals surface area contributed by atoms with Crippen LogP contribution in [0.5, 0.6) is 0 Å². The SMILES string of the molecule is CCCC(CCC)N1CCc2c(Br)cccc2C1=O. The minimum absolute atomic E-state index is 0.217. The third kappa shape index (κ3) is 3.02. The molecule has 1 aliphatic rings. The molecule has 1 heterocycles. The lowest BCUT2D eigenvalue weighted by Gasteiger charge is -2.36. The standard InChI is InChI=1S/C16H22BrNO/c1-3-6-12(7-4-2)18-11-10-13-14(16(18)19)8-5-9-15(13)17/h5,8-9,12H,3-4,6-7,10-11H2,1-2H3. The van der Waals surface area contributed by atoms with E-state index >= 15 is 0 Å². The highest BCUT2D eigenvalue weighted by Gasteiger charge is 2.29. The van der Waals surface area contributed by atoms with E-state index in [4.69, 9.17) is 0 Å². The maximum atomic E-state index is 12.7. The van der Waals surface area contributed by atoms with Gasteiger partial charge in [0, 0.05) is 22.6 Å². The van der Waals surface area contributed by atoms with Crippen molar-refractivity contribution < 1.29 is 4.79 Å². The second-order valence-corrected chi connectivity index (χ2v) is 6.10. The molecule has 0 bridgehead atoms. The number of amides is 1. The maximum Gasteiger partial charge on any atom is 0.254 e.